The molecule has 1 aromatic rings. The first-order valence-electron chi connectivity index (χ1n) is 5.53. The minimum absolute atomic E-state index is 0.0259. The summed E-state index contributed by atoms with van der Waals surface area (Å²) in [4.78, 5) is 18.9. The summed E-state index contributed by atoms with van der Waals surface area (Å²) in [7, 11) is 0. The molecule has 0 spiro atoms. The van der Waals surface area contributed by atoms with E-state index in [4.69, 9.17) is 0 Å². The second-order valence-corrected chi connectivity index (χ2v) is 3.81. The highest BCUT2D eigenvalue weighted by Gasteiger charge is 2.16. The molecule has 1 aliphatic heterocycles. The van der Waals surface area contributed by atoms with Crippen molar-refractivity contribution in [2.24, 2.45) is 0 Å². The second-order valence-electron chi connectivity index (χ2n) is 3.81. The Labute approximate surface area is 102 Å². The fourth-order valence-electron chi connectivity index (χ4n) is 1.55. The number of piperazine rings is 1. The van der Waals surface area contributed by atoms with E-state index in [0.29, 0.717) is 13.1 Å². The number of aromatic nitrogens is 2. The van der Waals surface area contributed by atoms with Gasteiger partial charge in [-0.05, 0) is 0 Å². The number of nitrogens with zero attached hydrogens (tertiary/aromatic N) is 3. The molecule has 0 atom stereocenters. The quantitative estimate of drug-likeness (QED) is 0.795. The van der Waals surface area contributed by atoms with Gasteiger partial charge in [0, 0.05) is 26.2 Å². The molecule has 0 aromatic carbocycles. The number of hydrazine groups is 1. The predicted octanol–water partition coefficient (Wildman–Crippen LogP) is -0.0358. The largest absolute Gasteiger partial charge is 0.314 e. The minimum Gasteiger partial charge on any atom is -0.314 e. The van der Waals surface area contributed by atoms with Crippen LogP contribution in [0.4, 0.5) is 8.78 Å². The number of rotatable bonds is 3. The van der Waals surface area contributed by atoms with Crippen LogP contribution in [0, 0.1) is 0 Å². The molecular formula is C10H13F2N5O. The molecule has 2 heterocycles. The highest BCUT2D eigenvalue weighted by molar-refractivity contribution is 5.91. The van der Waals surface area contributed by atoms with Crippen molar-refractivity contribution in [2.45, 2.75) is 6.43 Å². The molecule has 2 rings (SSSR count). The number of carbonyl (C=O) groups excluding carboxylic acids is 1. The Hall–Kier alpha value is -1.67. The van der Waals surface area contributed by atoms with E-state index in [-0.39, 0.29) is 5.69 Å². The number of halogens is 2. The normalized spacial score (nSPS) is 16.8. The van der Waals surface area contributed by atoms with Crippen LogP contribution in [0.3, 0.4) is 0 Å². The summed E-state index contributed by atoms with van der Waals surface area (Å²) in [5, 5.41) is 4.89. The molecular weight excluding hydrogens is 244 g/mol. The molecule has 0 saturated carbocycles. The fourth-order valence-corrected chi connectivity index (χ4v) is 1.55. The Morgan fingerprint density at radius 1 is 1.33 bits per heavy atom. The maximum atomic E-state index is 12.3. The Morgan fingerprint density at radius 2 is 2.06 bits per heavy atom. The van der Waals surface area contributed by atoms with Crippen LogP contribution in [-0.2, 0) is 0 Å². The van der Waals surface area contributed by atoms with Crippen LogP contribution >= 0.6 is 0 Å². The number of alkyl halides is 2. The summed E-state index contributed by atoms with van der Waals surface area (Å²) in [6, 6.07) is 0. The molecule has 98 valence electrons. The van der Waals surface area contributed by atoms with E-state index >= 15 is 0 Å². The SMILES string of the molecule is O=C(NN1CCNCC1)c1cnc(C(F)F)cn1. The third kappa shape index (κ3) is 3.17. The van der Waals surface area contributed by atoms with Gasteiger partial charge in [0.05, 0.1) is 12.4 Å². The predicted molar refractivity (Wildman–Crippen MR) is 58.9 cm³/mol. The Kier molecular flexibility index (Phi) is 4.11. The number of carbonyl (C=O) groups is 1. The van der Waals surface area contributed by atoms with Crippen molar-refractivity contribution in [3.8, 4) is 0 Å². The van der Waals surface area contributed by atoms with Gasteiger partial charge in [0.2, 0.25) is 0 Å². The smallest absolute Gasteiger partial charge is 0.285 e. The van der Waals surface area contributed by atoms with Crippen molar-refractivity contribution in [3.63, 3.8) is 0 Å². The van der Waals surface area contributed by atoms with Crippen molar-refractivity contribution in [2.75, 3.05) is 26.2 Å². The van der Waals surface area contributed by atoms with Gasteiger partial charge >= 0.3 is 0 Å². The van der Waals surface area contributed by atoms with Crippen molar-refractivity contribution in [1.82, 2.24) is 25.7 Å². The summed E-state index contributed by atoms with van der Waals surface area (Å²) in [5.74, 6) is -0.440. The zero-order valence-corrected chi connectivity index (χ0v) is 9.57. The van der Waals surface area contributed by atoms with Crippen LogP contribution in [-0.4, -0.2) is 47.1 Å². The zero-order chi connectivity index (χ0) is 13.0. The Balaban J connectivity index is 1.95. The maximum Gasteiger partial charge on any atom is 0.285 e. The summed E-state index contributed by atoms with van der Waals surface area (Å²) >= 11 is 0. The van der Waals surface area contributed by atoms with Gasteiger partial charge in [-0.15, -0.1) is 0 Å². The lowest BCUT2D eigenvalue weighted by atomic mass is 10.4. The van der Waals surface area contributed by atoms with Gasteiger partial charge in [0.15, 0.2) is 0 Å². The molecule has 0 radical (unpaired) electrons. The van der Waals surface area contributed by atoms with E-state index in [0.717, 1.165) is 25.5 Å². The molecule has 1 amide bonds. The lowest BCUT2D eigenvalue weighted by Gasteiger charge is -2.27. The third-order valence-corrected chi connectivity index (χ3v) is 2.50. The zero-order valence-electron chi connectivity index (χ0n) is 9.57. The number of amides is 1. The van der Waals surface area contributed by atoms with Gasteiger partial charge < -0.3 is 5.32 Å². The van der Waals surface area contributed by atoms with Gasteiger partial charge in [-0.1, -0.05) is 0 Å². The number of nitrogens with one attached hydrogen (secondary N) is 2. The molecule has 1 saturated heterocycles. The van der Waals surface area contributed by atoms with Gasteiger partial charge in [-0.25, -0.2) is 18.8 Å². The van der Waals surface area contributed by atoms with Crippen molar-refractivity contribution >= 4 is 5.91 Å². The average Bonchev–Trinajstić information content (AvgIpc) is 2.40. The lowest BCUT2D eigenvalue weighted by Crippen LogP contribution is -2.52. The highest BCUT2D eigenvalue weighted by atomic mass is 19.3. The van der Waals surface area contributed by atoms with Crippen LogP contribution in [0.5, 0.6) is 0 Å². The van der Waals surface area contributed by atoms with E-state index in [1.807, 2.05) is 0 Å². The molecule has 6 nitrogen and oxygen atoms in total. The molecule has 8 heteroatoms. The summed E-state index contributed by atoms with van der Waals surface area (Å²) in [6.45, 7) is 2.95. The Bertz CT molecular complexity index is 405. The fraction of sp³-hybridized carbons (Fsp3) is 0.500. The van der Waals surface area contributed by atoms with E-state index in [2.05, 4.69) is 20.7 Å². The second kappa shape index (κ2) is 5.78. The number of hydrogen-bond donors (Lipinski definition) is 2. The molecule has 0 bridgehead atoms. The summed E-state index contributed by atoms with van der Waals surface area (Å²) < 4.78 is 24.5. The van der Waals surface area contributed by atoms with Crippen LogP contribution in [0.15, 0.2) is 12.4 Å². The highest BCUT2D eigenvalue weighted by Crippen LogP contribution is 2.14. The van der Waals surface area contributed by atoms with Crippen molar-refractivity contribution < 1.29 is 13.6 Å². The third-order valence-electron chi connectivity index (χ3n) is 2.50. The van der Waals surface area contributed by atoms with Crippen LogP contribution in [0.2, 0.25) is 0 Å². The Morgan fingerprint density at radius 3 is 2.61 bits per heavy atom. The molecule has 0 unspecified atom stereocenters. The van der Waals surface area contributed by atoms with Crippen LogP contribution in [0.25, 0.3) is 0 Å². The molecule has 18 heavy (non-hydrogen) atoms. The van der Waals surface area contributed by atoms with Gasteiger partial charge in [-0.2, -0.15) is 0 Å². The van der Waals surface area contributed by atoms with E-state index in [9.17, 15) is 13.6 Å². The monoisotopic (exact) mass is 257 g/mol. The first kappa shape index (κ1) is 12.8. The molecule has 1 aromatic heterocycles. The molecule has 1 aliphatic rings. The van der Waals surface area contributed by atoms with E-state index in [1.54, 1.807) is 5.01 Å². The molecule has 0 aliphatic carbocycles. The summed E-state index contributed by atoms with van der Waals surface area (Å²) in [6.07, 6.45) is -0.709. The lowest BCUT2D eigenvalue weighted by molar-refractivity contribution is 0.0758. The van der Waals surface area contributed by atoms with Gasteiger partial charge in [0.1, 0.15) is 11.4 Å². The first-order chi connectivity index (χ1) is 8.66. The van der Waals surface area contributed by atoms with Crippen LogP contribution < -0.4 is 10.7 Å². The molecule has 1 fully saturated rings. The van der Waals surface area contributed by atoms with Gasteiger partial charge in [-0.3, -0.25) is 15.2 Å². The van der Waals surface area contributed by atoms with Crippen molar-refractivity contribution in [3.05, 3.63) is 23.8 Å². The van der Waals surface area contributed by atoms with E-state index < -0.39 is 18.0 Å². The minimum atomic E-state index is -2.68. The number of hydrogen-bond acceptors (Lipinski definition) is 5. The first-order valence-corrected chi connectivity index (χ1v) is 5.53. The maximum absolute atomic E-state index is 12.3. The van der Waals surface area contributed by atoms with Gasteiger partial charge in [0.25, 0.3) is 12.3 Å². The molecule has 2 N–H and O–H groups in total. The standard InChI is InChI=1S/C10H13F2N5O/c11-9(12)7-5-15-8(6-14-7)10(18)16-17-3-1-13-2-4-17/h5-6,9,13H,1-4H2,(H,16,18). The average molecular weight is 257 g/mol. The van der Waals surface area contributed by atoms with Crippen LogP contribution in [0.1, 0.15) is 22.6 Å². The van der Waals surface area contributed by atoms with E-state index in [1.165, 1.54) is 0 Å². The summed E-state index contributed by atoms with van der Waals surface area (Å²) in [5.41, 5.74) is 2.24. The van der Waals surface area contributed by atoms with Crippen molar-refractivity contribution in [1.29, 1.82) is 0 Å². The topological polar surface area (TPSA) is 70.2 Å².